The van der Waals surface area contributed by atoms with Gasteiger partial charge in [0.25, 0.3) is 0 Å². The maximum Gasteiger partial charge on any atom is 0.220 e. The number of aliphatic hydroxyl groups excluding tert-OH is 1. The lowest BCUT2D eigenvalue weighted by molar-refractivity contribution is 0.182. The summed E-state index contributed by atoms with van der Waals surface area (Å²) in [5, 5.41) is 13.3. The second-order valence-corrected chi connectivity index (χ2v) is 4.45. The molecule has 0 aliphatic carbocycles. The Hall–Kier alpha value is -2.38. The SMILES string of the molecule is COCc1ccccc1NC(O)c1nc(OC)cc(OC)n1. The van der Waals surface area contributed by atoms with Gasteiger partial charge in [0.05, 0.1) is 26.9 Å². The summed E-state index contributed by atoms with van der Waals surface area (Å²) in [7, 11) is 4.59. The van der Waals surface area contributed by atoms with E-state index in [-0.39, 0.29) is 5.82 Å². The zero-order chi connectivity index (χ0) is 15.9. The maximum atomic E-state index is 10.3. The molecular weight excluding hydrogens is 286 g/mol. The predicted octanol–water partition coefficient (Wildman–Crippen LogP) is 1.74. The maximum absolute atomic E-state index is 10.3. The fourth-order valence-electron chi connectivity index (χ4n) is 1.91. The number of rotatable bonds is 7. The molecule has 118 valence electrons. The number of methoxy groups -OCH3 is 3. The third kappa shape index (κ3) is 3.84. The van der Waals surface area contributed by atoms with E-state index in [2.05, 4.69) is 15.3 Å². The van der Waals surface area contributed by atoms with E-state index in [1.165, 1.54) is 20.3 Å². The molecule has 7 heteroatoms. The predicted molar refractivity (Wildman–Crippen MR) is 80.9 cm³/mol. The van der Waals surface area contributed by atoms with Crippen LogP contribution in [0, 0.1) is 0 Å². The van der Waals surface area contributed by atoms with Gasteiger partial charge in [0, 0.05) is 18.4 Å². The van der Waals surface area contributed by atoms with Crippen molar-refractivity contribution in [3.8, 4) is 11.8 Å². The lowest BCUT2D eigenvalue weighted by Crippen LogP contribution is -2.15. The molecule has 7 nitrogen and oxygen atoms in total. The number of nitrogens with one attached hydrogen (secondary N) is 1. The molecule has 0 saturated heterocycles. The smallest absolute Gasteiger partial charge is 0.220 e. The van der Waals surface area contributed by atoms with Crippen molar-refractivity contribution in [1.82, 2.24) is 9.97 Å². The van der Waals surface area contributed by atoms with Crippen molar-refractivity contribution in [1.29, 1.82) is 0 Å². The first kappa shape index (κ1) is 16.0. The fourth-order valence-corrected chi connectivity index (χ4v) is 1.91. The molecule has 0 saturated carbocycles. The van der Waals surface area contributed by atoms with Crippen molar-refractivity contribution in [3.63, 3.8) is 0 Å². The molecule has 0 radical (unpaired) electrons. The molecule has 22 heavy (non-hydrogen) atoms. The van der Waals surface area contributed by atoms with E-state index in [4.69, 9.17) is 14.2 Å². The third-order valence-corrected chi connectivity index (χ3v) is 2.97. The number of hydrogen-bond donors (Lipinski definition) is 2. The molecule has 1 aromatic heterocycles. The number of anilines is 1. The van der Waals surface area contributed by atoms with Crippen LogP contribution in [0.4, 0.5) is 5.69 Å². The number of benzene rings is 1. The first-order valence-corrected chi connectivity index (χ1v) is 6.66. The van der Waals surface area contributed by atoms with Gasteiger partial charge in [-0.2, -0.15) is 9.97 Å². The van der Waals surface area contributed by atoms with Crippen LogP contribution in [-0.4, -0.2) is 36.4 Å². The van der Waals surface area contributed by atoms with E-state index in [9.17, 15) is 5.11 Å². The van der Waals surface area contributed by atoms with E-state index >= 15 is 0 Å². The van der Waals surface area contributed by atoms with Gasteiger partial charge in [0.15, 0.2) is 12.1 Å². The van der Waals surface area contributed by atoms with Crippen molar-refractivity contribution < 1.29 is 19.3 Å². The summed E-state index contributed by atoms with van der Waals surface area (Å²) >= 11 is 0. The molecule has 0 bridgehead atoms. The van der Waals surface area contributed by atoms with Gasteiger partial charge in [-0.15, -0.1) is 0 Å². The van der Waals surface area contributed by atoms with Crippen molar-refractivity contribution in [2.45, 2.75) is 12.8 Å². The minimum atomic E-state index is -1.11. The number of aliphatic hydroxyl groups is 1. The lowest BCUT2D eigenvalue weighted by Gasteiger charge is -2.16. The quantitative estimate of drug-likeness (QED) is 0.754. The molecule has 1 atom stereocenters. The molecule has 0 spiro atoms. The minimum Gasteiger partial charge on any atom is -0.481 e. The summed E-state index contributed by atoms with van der Waals surface area (Å²) < 4.78 is 15.3. The average Bonchev–Trinajstić information content (AvgIpc) is 2.56. The fraction of sp³-hybridized carbons (Fsp3) is 0.333. The van der Waals surface area contributed by atoms with Gasteiger partial charge >= 0.3 is 0 Å². The van der Waals surface area contributed by atoms with Crippen molar-refractivity contribution in [2.24, 2.45) is 0 Å². The highest BCUT2D eigenvalue weighted by atomic mass is 16.5. The molecule has 0 aliphatic heterocycles. The Bertz CT molecular complexity index is 599. The Labute approximate surface area is 128 Å². The second-order valence-electron chi connectivity index (χ2n) is 4.45. The molecule has 2 N–H and O–H groups in total. The van der Waals surface area contributed by atoms with E-state index in [1.54, 1.807) is 7.11 Å². The van der Waals surface area contributed by atoms with Crippen LogP contribution in [0.1, 0.15) is 17.6 Å². The van der Waals surface area contributed by atoms with Gasteiger partial charge in [0.1, 0.15) is 0 Å². The zero-order valence-electron chi connectivity index (χ0n) is 12.7. The lowest BCUT2D eigenvalue weighted by atomic mass is 10.2. The molecule has 1 heterocycles. The molecule has 2 rings (SSSR count). The average molecular weight is 305 g/mol. The number of para-hydroxylation sites is 1. The van der Waals surface area contributed by atoms with Crippen LogP contribution in [0.25, 0.3) is 0 Å². The molecule has 0 amide bonds. The Morgan fingerprint density at radius 3 is 2.32 bits per heavy atom. The summed E-state index contributed by atoms with van der Waals surface area (Å²) in [6.07, 6.45) is -1.11. The van der Waals surface area contributed by atoms with Crippen LogP contribution >= 0.6 is 0 Å². The largest absolute Gasteiger partial charge is 0.481 e. The van der Waals surface area contributed by atoms with Gasteiger partial charge in [-0.3, -0.25) is 0 Å². The van der Waals surface area contributed by atoms with E-state index in [0.29, 0.717) is 18.4 Å². The van der Waals surface area contributed by atoms with Crippen LogP contribution in [0.3, 0.4) is 0 Å². The van der Waals surface area contributed by atoms with Crippen LogP contribution in [0.15, 0.2) is 30.3 Å². The minimum absolute atomic E-state index is 0.156. The summed E-state index contributed by atoms with van der Waals surface area (Å²) in [4.78, 5) is 8.23. The Morgan fingerprint density at radius 2 is 1.73 bits per heavy atom. The zero-order valence-corrected chi connectivity index (χ0v) is 12.7. The van der Waals surface area contributed by atoms with Crippen molar-refractivity contribution in [2.75, 3.05) is 26.6 Å². The number of hydrogen-bond acceptors (Lipinski definition) is 7. The summed E-state index contributed by atoms with van der Waals surface area (Å²) in [5.74, 6) is 0.782. The van der Waals surface area contributed by atoms with Crippen LogP contribution in [-0.2, 0) is 11.3 Å². The summed E-state index contributed by atoms with van der Waals surface area (Å²) in [6.45, 7) is 0.429. The normalized spacial score (nSPS) is 11.8. The van der Waals surface area contributed by atoms with Gasteiger partial charge < -0.3 is 24.6 Å². The second kappa shape index (κ2) is 7.58. The van der Waals surface area contributed by atoms with Gasteiger partial charge in [-0.05, 0) is 6.07 Å². The van der Waals surface area contributed by atoms with Gasteiger partial charge in [-0.25, -0.2) is 0 Å². The highest BCUT2D eigenvalue weighted by Gasteiger charge is 2.15. The Morgan fingerprint density at radius 1 is 1.09 bits per heavy atom. The first-order chi connectivity index (χ1) is 10.7. The Balaban J connectivity index is 2.23. The van der Waals surface area contributed by atoms with E-state index in [1.807, 2.05) is 24.3 Å². The van der Waals surface area contributed by atoms with Gasteiger partial charge in [-0.1, -0.05) is 18.2 Å². The summed E-state index contributed by atoms with van der Waals surface area (Å²) in [5.41, 5.74) is 1.65. The first-order valence-electron chi connectivity index (χ1n) is 6.66. The van der Waals surface area contributed by atoms with Crippen LogP contribution in [0.2, 0.25) is 0 Å². The van der Waals surface area contributed by atoms with E-state index < -0.39 is 6.23 Å². The van der Waals surface area contributed by atoms with Crippen molar-refractivity contribution in [3.05, 3.63) is 41.7 Å². The van der Waals surface area contributed by atoms with Crippen molar-refractivity contribution >= 4 is 5.69 Å². The molecule has 0 aliphatic rings. The van der Waals surface area contributed by atoms with Crippen LogP contribution < -0.4 is 14.8 Å². The van der Waals surface area contributed by atoms with Gasteiger partial charge in [0.2, 0.25) is 11.8 Å². The highest BCUT2D eigenvalue weighted by molar-refractivity contribution is 5.51. The number of ether oxygens (including phenoxy) is 3. The topological polar surface area (TPSA) is 85.7 Å². The summed E-state index contributed by atoms with van der Waals surface area (Å²) in [6, 6.07) is 9.05. The standard InChI is InChI=1S/C15H19N3O4/c1-20-9-10-6-4-5-7-11(10)16-15(19)14-17-12(21-2)8-13(18-14)22-3/h4-8,15-16,19H,9H2,1-3H3. The molecule has 2 aromatic rings. The van der Waals surface area contributed by atoms with Crippen LogP contribution in [0.5, 0.6) is 11.8 Å². The molecular formula is C15H19N3O4. The number of aromatic nitrogens is 2. The Kier molecular flexibility index (Phi) is 5.51. The molecule has 1 aromatic carbocycles. The highest BCUT2D eigenvalue weighted by Crippen LogP contribution is 2.23. The van der Waals surface area contributed by atoms with E-state index in [0.717, 1.165) is 11.3 Å². The third-order valence-electron chi connectivity index (χ3n) is 2.97. The monoisotopic (exact) mass is 305 g/mol. The number of nitrogens with zero attached hydrogens (tertiary/aromatic N) is 2. The molecule has 0 fully saturated rings. The molecule has 1 unspecified atom stereocenters.